The predicted molar refractivity (Wildman–Crippen MR) is 116 cm³/mol. The summed E-state index contributed by atoms with van der Waals surface area (Å²) < 4.78 is 3.69. The van der Waals surface area contributed by atoms with E-state index in [1.54, 1.807) is 29.3 Å². The molecule has 0 aliphatic carbocycles. The Kier molecular flexibility index (Phi) is 4.75. The van der Waals surface area contributed by atoms with Crippen molar-refractivity contribution in [3.05, 3.63) is 53.9 Å². The van der Waals surface area contributed by atoms with Crippen LogP contribution in [0.1, 0.15) is 54.5 Å². The molecule has 0 atom stereocenters. The largest absolute Gasteiger partial charge is 0.341 e. The van der Waals surface area contributed by atoms with E-state index in [0.717, 1.165) is 43.1 Å². The van der Waals surface area contributed by atoms with Gasteiger partial charge in [-0.3, -0.25) is 14.2 Å². The van der Waals surface area contributed by atoms with Gasteiger partial charge in [-0.1, -0.05) is 0 Å². The van der Waals surface area contributed by atoms with Crippen molar-refractivity contribution in [1.82, 2.24) is 34.4 Å². The molecule has 2 aliphatic heterocycles. The standard InChI is InChI=1S/C22H28N8O/c1-16(2)30-14-17-13-29(20(31)18-5-10-25-27(18)3)15-22(19(17)26-30)6-11-28(12-7-22)21-23-8-4-9-24-21/h4-5,8-10,14,16H,6-7,11-13,15H2,1-3H3. The molecule has 162 valence electrons. The van der Waals surface area contributed by atoms with Gasteiger partial charge in [-0.15, -0.1) is 0 Å². The minimum atomic E-state index is -0.159. The first-order valence-electron chi connectivity index (χ1n) is 10.8. The van der Waals surface area contributed by atoms with Gasteiger partial charge in [0.05, 0.1) is 5.69 Å². The Morgan fingerprint density at radius 2 is 1.87 bits per heavy atom. The lowest BCUT2D eigenvalue weighted by Gasteiger charge is -2.46. The first kappa shape index (κ1) is 19.7. The fourth-order valence-electron chi connectivity index (χ4n) is 4.83. The Morgan fingerprint density at radius 1 is 1.13 bits per heavy atom. The van der Waals surface area contributed by atoms with Gasteiger partial charge in [0.15, 0.2) is 0 Å². The van der Waals surface area contributed by atoms with E-state index >= 15 is 0 Å². The Morgan fingerprint density at radius 3 is 2.52 bits per heavy atom. The predicted octanol–water partition coefficient (Wildman–Crippen LogP) is 2.18. The smallest absolute Gasteiger partial charge is 0.272 e. The van der Waals surface area contributed by atoms with Crippen molar-refractivity contribution in [3.8, 4) is 0 Å². The summed E-state index contributed by atoms with van der Waals surface area (Å²) in [5.74, 6) is 0.792. The second-order valence-electron chi connectivity index (χ2n) is 8.89. The summed E-state index contributed by atoms with van der Waals surface area (Å²) in [7, 11) is 1.81. The second kappa shape index (κ2) is 7.47. The molecule has 5 heterocycles. The molecule has 0 unspecified atom stereocenters. The zero-order chi connectivity index (χ0) is 21.6. The van der Waals surface area contributed by atoms with Crippen molar-refractivity contribution in [3.63, 3.8) is 0 Å². The number of fused-ring (bicyclic) bond motifs is 2. The third kappa shape index (κ3) is 3.37. The van der Waals surface area contributed by atoms with E-state index in [0.29, 0.717) is 18.8 Å². The number of carbonyl (C=O) groups excluding carboxylic acids is 1. The van der Waals surface area contributed by atoms with E-state index in [9.17, 15) is 4.79 Å². The average Bonchev–Trinajstić information content (AvgIpc) is 3.41. The molecule has 1 fully saturated rings. The van der Waals surface area contributed by atoms with Gasteiger partial charge in [0.2, 0.25) is 5.95 Å². The lowest BCUT2D eigenvalue weighted by molar-refractivity contribution is 0.0632. The quantitative estimate of drug-likeness (QED) is 0.646. The number of nitrogens with zero attached hydrogens (tertiary/aromatic N) is 8. The van der Waals surface area contributed by atoms with Crippen LogP contribution < -0.4 is 4.90 Å². The Bertz CT molecular complexity index is 1080. The average molecular weight is 421 g/mol. The molecule has 0 radical (unpaired) electrons. The van der Waals surface area contributed by atoms with Gasteiger partial charge in [0.1, 0.15) is 5.69 Å². The number of hydrogen-bond acceptors (Lipinski definition) is 6. The molecule has 0 N–H and O–H groups in total. The maximum atomic E-state index is 13.4. The maximum absolute atomic E-state index is 13.4. The van der Waals surface area contributed by atoms with E-state index in [-0.39, 0.29) is 17.4 Å². The number of amides is 1. The van der Waals surface area contributed by atoms with Crippen LogP contribution in [0, 0.1) is 0 Å². The summed E-state index contributed by atoms with van der Waals surface area (Å²) in [6.07, 6.45) is 9.17. The molecule has 3 aromatic heterocycles. The Hall–Kier alpha value is -3.23. The van der Waals surface area contributed by atoms with Crippen LogP contribution in [0.2, 0.25) is 0 Å². The summed E-state index contributed by atoms with van der Waals surface area (Å²) in [4.78, 5) is 26.4. The molecule has 1 spiro atoms. The Labute approximate surface area is 181 Å². The lowest BCUT2D eigenvalue weighted by atomic mass is 9.72. The monoisotopic (exact) mass is 420 g/mol. The van der Waals surface area contributed by atoms with E-state index in [2.05, 4.69) is 40.0 Å². The van der Waals surface area contributed by atoms with Crippen LogP contribution in [-0.4, -0.2) is 60.0 Å². The van der Waals surface area contributed by atoms with Crippen molar-refractivity contribution < 1.29 is 4.79 Å². The van der Waals surface area contributed by atoms with Crippen molar-refractivity contribution in [2.75, 3.05) is 24.5 Å². The number of aromatic nitrogens is 6. The molecule has 2 aliphatic rings. The SMILES string of the molecule is CC(C)n1cc2c(n1)C1(CCN(c3ncccn3)CC1)CN(C(=O)c1ccnn1C)C2. The molecule has 0 bridgehead atoms. The topological polar surface area (TPSA) is 85.0 Å². The lowest BCUT2D eigenvalue weighted by Crippen LogP contribution is -2.53. The van der Waals surface area contributed by atoms with Gasteiger partial charge in [-0.05, 0) is 38.8 Å². The maximum Gasteiger partial charge on any atom is 0.272 e. The molecule has 9 nitrogen and oxygen atoms in total. The molecule has 3 aromatic rings. The molecule has 31 heavy (non-hydrogen) atoms. The third-order valence-electron chi connectivity index (χ3n) is 6.58. The zero-order valence-electron chi connectivity index (χ0n) is 18.3. The van der Waals surface area contributed by atoms with E-state index < -0.39 is 0 Å². The number of rotatable bonds is 3. The molecule has 1 amide bonds. The van der Waals surface area contributed by atoms with Crippen LogP contribution in [-0.2, 0) is 19.0 Å². The van der Waals surface area contributed by atoms with Gasteiger partial charge in [-0.2, -0.15) is 10.2 Å². The number of aryl methyl sites for hydroxylation is 1. The third-order valence-corrected chi connectivity index (χ3v) is 6.58. The normalized spacial score (nSPS) is 17.9. The summed E-state index contributed by atoms with van der Waals surface area (Å²) in [5, 5.41) is 9.19. The molecule has 1 saturated heterocycles. The molecule has 5 rings (SSSR count). The first-order valence-corrected chi connectivity index (χ1v) is 10.8. The molecule has 0 aromatic carbocycles. The van der Waals surface area contributed by atoms with Crippen molar-refractivity contribution >= 4 is 11.9 Å². The number of piperidine rings is 1. The van der Waals surface area contributed by atoms with Crippen molar-refractivity contribution in [2.45, 2.75) is 44.7 Å². The van der Waals surface area contributed by atoms with Gasteiger partial charge in [0.25, 0.3) is 5.91 Å². The van der Waals surface area contributed by atoms with Crippen LogP contribution in [0.4, 0.5) is 5.95 Å². The molecular formula is C22H28N8O. The number of carbonyl (C=O) groups is 1. The summed E-state index contributed by atoms with van der Waals surface area (Å²) >= 11 is 0. The summed E-state index contributed by atoms with van der Waals surface area (Å²) in [6.45, 7) is 7.21. The summed E-state index contributed by atoms with van der Waals surface area (Å²) in [6, 6.07) is 3.90. The van der Waals surface area contributed by atoms with Gasteiger partial charge in [0, 0.05) is 75.0 Å². The number of hydrogen-bond donors (Lipinski definition) is 0. The van der Waals surface area contributed by atoms with Crippen LogP contribution >= 0.6 is 0 Å². The van der Waals surface area contributed by atoms with Gasteiger partial charge < -0.3 is 9.80 Å². The zero-order valence-corrected chi connectivity index (χ0v) is 18.3. The highest BCUT2D eigenvalue weighted by atomic mass is 16.2. The van der Waals surface area contributed by atoms with Gasteiger partial charge in [-0.25, -0.2) is 9.97 Å². The second-order valence-corrected chi connectivity index (χ2v) is 8.89. The highest BCUT2D eigenvalue weighted by molar-refractivity contribution is 5.92. The van der Waals surface area contributed by atoms with E-state index in [1.165, 1.54) is 0 Å². The molecular weight excluding hydrogens is 392 g/mol. The van der Waals surface area contributed by atoms with Crippen LogP contribution in [0.15, 0.2) is 36.9 Å². The molecule has 9 heteroatoms. The number of anilines is 1. The van der Waals surface area contributed by atoms with E-state index in [4.69, 9.17) is 5.10 Å². The van der Waals surface area contributed by atoms with Crippen LogP contribution in [0.5, 0.6) is 0 Å². The minimum Gasteiger partial charge on any atom is -0.341 e. The van der Waals surface area contributed by atoms with Crippen LogP contribution in [0.3, 0.4) is 0 Å². The molecule has 0 saturated carbocycles. The minimum absolute atomic E-state index is 0.0242. The highest BCUT2D eigenvalue weighted by Gasteiger charge is 2.46. The Balaban J connectivity index is 1.47. The van der Waals surface area contributed by atoms with E-state index in [1.807, 2.05) is 22.7 Å². The van der Waals surface area contributed by atoms with Gasteiger partial charge >= 0.3 is 0 Å². The fraction of sp³-hybridized carbons (Fsp3) is 0.500. The van der Waals surface area contributed by atoms with Crippen molar-refractivity contribution in [2.24, 2.45) is 7.05 Å². The highest BCUT2D eigenvalue weighted by Crippen LogP contribution is 2.42. The first-order chi connectivity index (χ1) is 15.0. The summed E-state index contributed by atoms with van der Waals surface area (Å²) in [5.41, 5.74) is 2.77. The van der Waals surface area contributed by atoms with Crippen LogP contribution in [0.25, 0.3) is 0 Å². The van der Waals surface area contributed by atoms with Crippen molar-refractivity contribution in [1.29, 1.82) is 0 Å². The fourth-order valence-corrected chi connectivity index (χ4v) is 4.83.